The third kappa shape index (κ3) is 3.43. The molecule has 0 radical (unpaired) electrons. The molecule has 1 fully saturated rings. The summed E-state index contributed by atoms with van der Waals surface area (Å²) >= 11 is 4.97. The molecular weight excluding hydrogens is 286 g/mol. The van der Waals surface area contributed by atoms with Crippen LogP contribution in [-0.2, 0) is 14.8 Å². The number of rotatable bonds is 6. The van der Waals surface area contributed by atoms with E-state index < -0.39 is 15.4 Å². The van der Waals surface area contributed by atoms with Crippen molar-refractivity contribution in [2.24, 2.45) is 17.1 Å². The molecule has 1 aliphatic carbocycles. The maximum absolute atomic E-state index is 12.1. The van der Waals surface area contributed by atoms with Crippen LogP contribution < -0.4 is 11.1 Å². The molecule has 1 rings (SSSR count). The highest BCUT2D eigenvalue weighted by atomic mass is 32.2. The van der Waals surface area contributed by atoms with Gasteiger partial charge in [-0.05, 0) is 18.8 Å². The zero-order valence-corrected chi connectivity index (χ0v) is 13.1. The number of sulfonamides is 1. The molecule has 0 aliphatic heterocycles. The first-order chi connectivity index (χ1) is 8.62. The minimum absolute atomic E-state index is 0.0676. The lowest BCUT2D eigenvalue weighted by Gasteiger charge is -2.44. The van der Waals surface area contributed by atoms with Crippen LogP contribution in [0, 0.1) is 11.3 Å². The molecule has 19 heavy (non-hydrogen) atoms. The molecule has 0 atom stereocenters. The number of hydrogen-bond acceptors (Lipinski definition) is 4. The molecule has 8 heteroatoms. The van der Waals surface area contributed by atoms with E-state index in [1.165, 1.54) is 14.1 Å². The Morgan fingerprint density at radius 2 is 2.00 bits per heavy atom. The lowest BCUT2D eigenvalue weighted by molar-refractivity contribution is -0.132. The third-order valence-corrected chi connectivity index (χ3v) is 5.73. The van der Waals surface area contributed by atoms with Crippen molar-refractivity contribution in [3.63, 3.8) is 0 Å². The molecule has 0 saturated heterocycles. The molecule has 6 nitrogen and oxygen atoms in total. The molecule has 0 aromatic rings. The molecular formula is C11H21N3O3S2. The summed E-state index contributed by atoms with van der Waals surface area (Å²) in [4.78, 5) is 12.3. The van der Waals surface area contributed by atoms with Gasteiger partial charge in [0.15, 0.2) is 0 Å². The van der Waals surface area contributed by atoms with Crippen molar-refractivity contribution in [3.05, 3.63) is 0 Å². The average Bonchev–Trinajstić information content (AvgIpc) is 2.23. The van der Waals surface area contributed by atoms with Crippen LogP contribution in [0.15, 0.2) is 0 Å². The summed E-state index contributed by atoms with van der Waals surface area (Å²) in [5, 5.41) is 2.63. The van der Waals surface area contributed by atoms with E-state index in [9.17, 15) is 13.2 Å². The molecule has 1 amide bonds. The Morgan fingerprint density at radius 1 is 1.47 bits per heavy atom. The minimum atomic E-state index is -3.30. The van der Waals surface area contributed by atoms with E-state index >= 15 is 0 Å². The fourth-order valence-corrected chi connectivity index (χ4v) is 3.26. The quantitative estimate of drug-likeness (QED) is 0.657. The second-order valence-electron chi connectivity index (χ2n) is 5.31. The highest BCUT2D eigenvalue weighted by Gasteiger charge is 2.50. The predicted molar refractivity (Wildman–Crippen MR) is 78.1 cm³/mol. The zero-order chi connectivity index (χ0) is 14.8. The smallest absolute Gasteiger partial charge is 0.233 e. The van der Waals surface area contributed by atoms with Gasteiger partial charge in [-0.25, -0.2) is 12.7 Å². The monoisotopic (exact) mass is 307 g/mol. The van der Waals surface area contributed by atoms with Gasteiger partial charge in [-0.2, -0.15) is 0 Å². The van der Waals surface area contributed by atoms with E-state index in [1.54, 1.807) is 0 Å². The maximum atomic E-state index is 12.1. The first-order valence-corrected chi connectivity index (χ1v) is 8.12. The summed E-state index contributed by atoms with van der Waals surface area (Å²) in [6, 6.07) is 0. The van der Waals surface area contributed by atoms with Gasteiger partial charge in [0.1, 0.15) is 0 Å². The highest BCUT2D eigenvalue weighted by Crippen LogP contribution is 2.45. The number of carbonyl (C=O) groups excluding carboxylic acids is 1. The van der Waals surface area contributed by atoms with E-state index in [4.69, 9.17) is 18.0 Å². The normalized spacial score (nSPS) is 26.8. The van der Waals surface area contributed by atoms with Crippen LogP contribution in [0.5, 0.6) is 0 Å². The van der Waals surface area contributed by atoms with Crippen molar-refractivity contribution >= 4 is 33.1 Å². The minimum Gasteiger partial charge on any atom is -0.392 e. The van der Waals surface area contributed by atoms with Crippen LogP contribution in [0.25, 0.3) is 0 Å². The van der Waals surface area contributed by atoms with Crippen LogP contribution >= 0.6 is 12.2 Å². The van der Waals surface area contributed by atoms with E-state index in [0.717, 1.165) is 4.31 Å². The van der Waals surface area contributed by atoms with Gasteiger partial charge >= 0.3 is 0 Å². The SMILES string of the molecule is CC1CC(C(=O)NCCS(=O)(=O)N(C)C)(C(N)=S)C1. The van der Waals surface area contributed by atoms with Crippen LogP contribution in [0.3, 0.4) is 0 Å². The third-order valence-electron chi connectivity index (χ3n) is 3.50. The molecule has 0 aromatic heterocycles. The first kappa shape index (κ1) is 16.3. The van der Waals surface area contributed by atoms with E-state index in [-0.39, 0.29) is 23.2 Å². The molecule has 1 aliphatic rings. The molecule has 0 spiro atoms. The summed E-state index contributed by atoms with van der Waals surface area (Å²) < 4.78 is 24.2. The number of thiocarbonyl (C=S) groups is 1. The Balaban J connectivity index is 2.55. The molecule has 0 aromatic carbocycles. The number of nitrogens with one attached hydrogen (secondary N) is 1. The topological polar surface area (TPSA) is 92.5 Å². The van der Waals surface area contributed by atoms with Crippen LogP contribution in [-0.4, -0.2) is 50.0 Å². The van der Waals surface area contributed by atoms with E-state index in [1.807, 2.05) is 6.92 Å². The predicted octanol–water partition coefficient (Wildman–Crippen LogP) is -0.304. The number of nitrogens with zero attached hydrogens (tertiary/aromatic N) is 1. The average molecular weight is 307 g/mol. The maximum Gasteiger partial charge on any atom is 0.233 e. The number of carbonyl (C=O) groups is 1. The van der Waals surface area contributed by atoms with Crippen LogP contribution in [0.2, 0.25) is 0 Å². The van der Waals surface area contributed by atoms with Gasteiger partial charge in [-0.15, -0.1) is 0 Å². The lowest BCUT2D eigenvalue weighted by atomic mass is 9.62. The van der Waals surface area contributed by atoms with Gasteiger partial charge in [0.05, 0.1) is 16.2 Å². The molecule has 110 valence electrons. The Labute approximate surface area is 119 Å². The van der Waals surface area contributed by atoms with Gasteiger partial charge < -0.3 is 11.1 Å². The largest absolute Gasteiger partial charge is 0.392 e. The standard InChI is InChI=1S/C11H21N3O3S2/c1-8-6-11(7-8,9(12)18)10(15)13-4-5-19(16,17)14(2)3/h8H,4-7H2,1-3H3,(H2,12,18)(H,13,15). The molecule has 3 N–H and O–H groups in total. The molecule has 1 saturated carbocycles. The molecule has 0 heterocycles. The Bertz CT molecular complexity index is 468. The second-order valence-corrected chi connectivity index (χ2v) is 8.06. The first-order valence-electron chi connectivity index (χ1n) is 6.10. The van der Waals surface area contributed by atoms with Gasteiger partial charge in [-0.1, -0.05) is 19.1 Å². The van der Waals surface area contributed by atoms with Gasteiger partial charge in [-0.3, -0.25) is 4.79 Å². The van der Waals surface area contributed by atoms with E-state index in [0.29, 0.717) is 18.8 Å². The van der Waals surface area contributed by atoms with Crippen molar-refractivity contribution < 1.29 is 13.2 Å². The van der Waals surface area contributed by atoms with Crippen molar-refractivity contribution in [2.45, 2.75) is 19.8 Å². The second kappa shape index (κ2) is 5.72. The van der Waals surface area contributed by atoms with Gasteiger partial charge in [0.2, 0.25) is 15.9 Å². The Hall–Kier alpha value is -0.730. The fraction of sp³-hybridized carbons (Fsp3) is 0.818. The summed E-state index contributed by atoms with van der Waals surface area (Å²) in [5.74, 6) is 0.0270. The Kier molecular flexibility index (Phi) is 4.91. The van der Waals surface area contributed by atoms with E-state index in [2.05, 4.69) is 5.32 Å². The summed E-state index contributed by atoms with van der Waals surface area (Å²) in [6.45, 7) is 2.10. The van der Waals surface area contributed by atoms with Gasteiger partial charge in [0, 0.05) is 20.6 Å². The van der Waals surface area contributed by atoms with Crippen molar-refractivity contribution in [1.29, 1.82) is 0 Å². The van der Waals surface area contributed by atoms with Crippen LogP contribution in [0.1, 0.15) is 19.8 Å². The summed E-state index contributed by atoms with van der Waals surface area (Å²) in [5.41, 5.74) is 4.86. The summed E-state index contributed by atoms with van der Waals surface area (Å²) in [6.07, 6.45) is 1.27. The fourth-order valence-electron chi connectivity index (χ4n) is 2.27. The zero-order valence-electron chi connectivity index (χ0n) is 11.5. The summed E-state index contributed by atoms with van der Waals surface area (Å²) in [7, 11) is -0.385. The van der Waals surface area contributed by atoms with Crippen molar-refractivity contribution in [1.82, 2.24) is 9.62 Å². The molecule has 0 unspecified atom stereocenters. The highest BCUT2D eigenvalue weighted by molar-refractivity contribution is 7.89. The molecule has 0 bridgehead atoms. The van der Waals surface area contributed by atoms with Crippen molar-refractivity contribution in [2.75, 3.05) is 26.4 Å². The number of amides is 1. The number of hydrogen-bond donors (Lipinski definition) is 2. The Morgan fingerprint density at radius 3 is 2.37 bits per heavy atom. The lowest BCUT2D eigenvalue weighted by Crippen LogP contribution is -2.56. The van der Waals surface area contributed by atoms with Crippen molar-refractivity contribution in [3.8, 4) is 0 Å². The van der Waals surface area contributed by atoms with Gasteiger partial charge in [0.25, 0.3) is 0 Å². The number of nitrogens with two attached hydrogens (primary N) is 1. The van der Waals surface area contributed by atoms with Crippen LogP contribution in [0.4, 0.5) is 0 Å².